The summed E-state index contributed by atoms with van der Waals surface area (Å²) in [6, 6.07) is 5.57. The number of benzene rings is 1. The Morgan fingerprint density at radius 2 is 1.95 bits per heavy atom. The van der Waals surface area contributed by atoms with E-state index in [-0.39, 0.29) is 5.91 Å². The molecular weight excluding hydrogens is 240 g/mol. The van der Waals surface area contributed by atoms with Gasteiger partial charge in [0.2, 0.25) is 0 Å². The molecule has 1 aromatic rings. The number of ether oxygens (including phenoxy) is 1. The second-order valence-electron chi connectivity index (χ2n) is 5.63. The van der Waals surface area contributed by atoms with Gasteiger partial charge in [0.05, 0.1) is 12.8 Å². The Kier molecular flexibility index (Phi) is 3.09. The minimum atomic E-state index is -0.0156. The molecule has 0 bridgehead atoms. The van der Waals surface area contributed by atoms with Crippen LogP contribution in [0.1, 0.15) is 36.0 Å². The van der Waals surface area contributed by atoms with Gasteiger partial charge in [-0.3, -0.25) is 4.79 Å². The van der Waals surface area contributed by atoms with Gasteiger partial charge >= 0.3 is 0 Å². The van der Waals surface area contributed by atoms with Crippen LogP contribution >= 0.6 is 0 Å². The molecule has 2 fully saturated rings. The van der Waals surface area contributed by atoms with Crippen molar-refractivity contribution in [3.63, 3.8) is 0 Å². The van der Waals surface area contributed by atoms with Gasteiger partial charge in [-0.1, -0.05) is 0 Å². The molecule has 1 aromatic carbocycles. The van der Waals surface area contributed by atoms with Crippen molar-refractivity contribution in [3.05, 3.63) is 23.8 Å². The van der Waals surface area contributed by atoms with E-state index in [0.717, 1.165) is 0 Å². The van der Waals surface area contributed by atoms with Gasteiger partial charge < -0.3 is 15.8 Å². The molecule has 2 aliphatic carbocycles. The monoisotopic (exact) mass is 260 g/mol. The van der Waals surface area contributed by atoms with Crippen molar-refractivity contribution in [1.29, 1.82) is 0 Å². The van der Waals surface area contributed by atoms with Crippen LogP contribution in [0, 0.1) is 11.8 Å². The van der Waals surface area contributed by atoms with Crippen LogP contribution in [0.2, 0.25) is 0 Å². The third kappa shape index (κ3) is 2.67. The lowest BCUT2D eigenvalue weighted by Crippen LogP contribution is -2.38. The zero-order chi connectivity index (χ0) is 13.4. The Morgan fingerprint density at radius 3 is 2.42 bits per heavy atom. The third-order valence-corrected chi connectivity index (χ3v) is 4.05. The lowest BCUT2D eigenvalue weighted by molar-refractivity contribution is 0.0926. The molecule has 2 aliphatic rings. The molecule has 4 nitrogen and oxygen atoms in total. The van der Waals surface area contributed by atoms with Gasteiger partial charge in [0, 0.05) is 11.6 Å². The number of anilines is 1. The Labute approximate surface area is 113 Å². The highest BCUT2D eigenvalue weighted by molar-refractivity contribution is 5.95. The normalized spacial score (nSPS) is 18.4. The predicted molar refractivity (Wildman–Crippen MR) is 74.1 cm³/mol. The number of nitrogens with two attached hydrogens (primary N) is 1. The molecule has 3 N–H and O–H groups in total. The predicted octanol–water partition coefficient (Wildman–Crippen LogP) is 2.20. The molecule has 0 aromatic heterocycles. The van der Waals surface area contributed by atoms with E-state index in [9.17, 15) is 4.79 Å². The Hall–Kier alpha value is -1.71. The first-order valence-electron chi connectivity index (χ1n) is 6.93. The Bertz CT molecular complexity index is 481. The van der Waals surface area contributed by atoms with Crippen molar-refractivity contribution in [2.75, 3.05) is 12.8 Å². The van der Waals surface area contributed by atoms with E-state index in [1.165, 1.54) is 25.7 Å². The molecule has 102 valence electrons. The van der Waals surface area contributed by atoms with E-state index in [1.807, 2.05) is 0 Å². The molecule has 4 heteroatoms. The van der Waals surface area contributed by atoms with E-state index in [4.69, 9.17) is 10.5 Å². The highest BCUT2D eigenvalue weighted by atomic mass is 16.5. The minimum Gasteiger partial charge on any atom is -0.495 e. The molecule has 0 unspecified atom stereocenters. The van der Waals surface area contributed by atoms with Gasteiger partial charge in [0.25, 0.3) is 5.91 Å². The summed E-state index contributed by atoms with van der Waals surface area (Å²) in [5.41, 5.74) is 6.96. The first-order chi connectivity index (χ1) is 9.19. The van der Waals surface area contributed by atoms with Gasteiger partial charge in [-0.25, -0.2) is 0 Å². The van der Waals surface area contributed by atoms with Crippen LogP contribution in [0.5, 0.6) is 5.75 Å². The maximum absolute atomic E-state index is 12.3. The number of carbonyl (C=O) groups is 1. The molecule has 3 rings (SSSR count). The summed E-state index contributed by atoms with van der Waals surface area (Å²) in [4.78, 5) is 12.3. The van der Waals surface area contributed by atoms with E-state index in [0.29, 0.717) is 34.9 Å². The second kappa shape index (κ2) is 4.76. The second-order valence-corrected chi connectivity index (χ2v) is 5.63. The van der Waals surface area contributed by atoms with Gasteiger partial charge in [-0.2, -0.15) is 0 Å². The fourth-order valence-electron chi connectivity index (χ4n) is 2.64. The van der Waals surface area contributed by atoms with E-state index in [2.05, 4.69) is 5.32 Å². The lowest BCUT2D eigenvalue weighted by Gasteiger charge is -2.18. The molecule has 2 saturated carbocycles. The summed E-state index contributed by atoms with van der Waals surface area (Å²) >= 11 is 0. The summed E-state index contributed by atoms with van der Waals surface area (Å²) in [5.74, 6) is 2.00. The average Bonchev–Trinajstić information content (AvgIpc) is 3.29. The number of methoxy groups -OCH3 is 1. The fraction of sp³-hybridized carbons (Fsp3) is 0.533. The standard InChI is InChI=1S/C15H20N2O2/c1-19-13-7-6-11(8-12(13)16)15(18)17-14(9-2-3-9)10-4-5-10/h6-10,14H,2-5,16H2,1H3,(H,17,18). The number of carbonyl (C=O) groups excluding carboxylic acids is 1. The van der Waals surface area contributed by atoms with Crippen LogP contribution in [0.4, 0.5) is 5.69 Å². The maximum atomic E-state index is 12.3. The number of nitrogen functional groups attached to an aromatic ring is 1. The highest BCUT2D eigenvalue weighted by Gasteiger charge is 2.42. The first kappa shape index (κ1) is 12.3. The largest absolute Gasteiger partial charge is 0.495 e. The smallest absolute Gasteiger partial charge is 0.251 e. The summed E-state index contributed by atoms with van der Waals surface area (Å²) < 4.78 is 5.10. The summed E-state index contributed by atoms with van der Waals surface area (Å²) in [6.07, 6.45) is 5.02. The zero-order valence-corrected chi connectivity index (χ0v) is 11.2. The maximum Gasteiger partial charge on any atom is 0.251 e. The lowest BCUT2D eigenvalue weighted by atomic mass is 10.1. The van der Waals surface area contributed by atoms with Crippen molar-refractivity contribution in [2.45, 2.75) is 31.7 Å². The third-order valence-electron chi connectivity index (χ3n) is 4.05. The van der Waals surface area contributed by atoms with Crippen molar-refractivity contribution in [1.82, 2.24) is 5.32 Å². The van der Waals surface area contributed by atoms with E-state index < -0.39 is 0 Å². The summed E-state index contributed by atoms with van der Waals surface area (Å²) in [5, 5.41) is 3.19. The topological polar surface area (TPSA) is 64.3 Å². The molecule has 1 amide bonds. The van der Waals surface area contributed by atoms with Crippen molar-refractivity contribution in [2.24, 2.45) is 11.8 Å². The van der Waals surface area contributed by atoms with Crippen molar-refractivity contribution >= 4 is 11.6 Å². The van der Waals surface area contributed by atoms with Crippen LogP contribution in [-0.4, -0.2) is 19.1 Å². The average molecular weight is 260 g/mol. The van der Waals surface area contributed by atoms with Crippen LogP contribution in [0.15, 0.2) is 18.2 Å². The molecule has 19 heavy (non-hydrogen) atoms. The first-order valence-corrected chi connectivity index (χ1v) is 6.93. The van der Waals surface area contributed by atoms with Crippen LogP contribution < -0.4 is 15.8 Å². The van der Waals surface area contributed by atoms with Crippen molar-refractivity contribution < 1.29 is 9.53 Å². The summed E-state index contributed by atoms with van der Waals surface area (Å²) in [7, 11) is 1.57. The number of amides is 1. The van der Waals surface area contributed by atoms with Crippen LogP contribution in [0.25, 0.3) is 0 Å². The number of rotatable bonds is 5. The van der Waals surface area contributed by atoms with Gasteiger partial charge in [-0.15, -0.1) is 0 Å². The molecule has 0 aliphatic heterocycles. The molecular formula is C15H20N2O2. The molecule has 0 heterocycles. The quantitative estimate of drug-likeness (QED) is 0.798. The highest BCUT2D eigenvalue weighted by Crippen LogP contribution is 2.44. The van der Waals surface area contributed by atoms with Crippen molar-refractivity contribution in [3.8, 4) is 5.75 Å². The molecule has 0 atom stereocenters. The van der Waals surface area contributed by atoms with E-state index >= 15 is 0 Å². The van der Waals surface area contributed by atoms with Crippen LogP contribution in [0.3, 0.4) is 0 Å². The van der Waals surface area contributed by atoms with Gasteiger partial charge in [0.15, 0.2) is 0 Å². The SMILES string of the molecule is COc1ccc(C(=O)NC(C2CC2)C2CC2)cc1N. The van der Waals surface area contributed by atoms with Crippen LogP contribution in [-0.2, 0) is 0 Å². The Morgan fingerprint density at radius 1 is 1.32 bits per heavy atom. The number of hydrogen-bond donors (Lipinski definition) is 2. The summed E-state index contributed by atoms with van der Waals surface area (Å²) in [6.45, 7) is 0. The van der Waals surface area contributed by atoms with E-state index in [1.54, 1.807) is 25.3 Å². The Balaban J connectivity index is 1.70. The number of nitrogens with one attached hydrogen (secondary N) is 1. The molecule has 0 radical (unpaired) electrons. The molecule has 0 saturated heterocycles. The van der Waals surface area contributed by atoms with Gasteiger partial charge in [0.1, 0.15) is 5.75 Å². The fourth-order valence-corrected chi connectivity index (χ4v) is 2.64. The minimum absolute atomic E-state index is 0.0156. The van der Waals surface area contributed by atoms with Gasteiger partial charge in [-0.05, 0) is 55.7 Å². The zero-order valence-electron chi connectivity index (χ0n) is 11.2. The number of hydrogen-bond acceptors (Lipinski definition) is 3. The molecule has 0 spiro atoms.